The molecule has 0 bridgehead atoms. The summed E-state index contributed by atoms with van der Waals surface area (Å²) in [6.07, 6.45) is 2.94. The number of hydrogen-bond donors (Lipinski definition) is 2. The fraction of sp³-hybridized carbons (Fsp3) is 0.438. The normalized spacial score (nSPS) is 12.9. The Kier molecular flexibility index (Phi) is 4.57. The van der Waals surface area contributed by atoms with Crippen LogP contribution in [0.5, 0.6) is 0 Å². The van der Waals surface area contributed by atoms with Crippen LogP contribution < -0.4 is 11.3 Å². The van der Waals surface area contributed by atoms with Crippen molar-refractivity contribution in [3.8, 4) is 0 Å². The third-order valence-corrected chi connectivity index (χ3v) is 3.69. The Labute approximate surface area is 121 Å². The SMILES string of the molecule is CCc1nn(C)cc1C(NN)c1ccc(C(C)C)cc1. The second-order valence-corrected chi connectivity index (χ2v) is 5.48. The van der Waals surface area contributed by atoms with Crippen LogP contribution in [0.4, 0.5) is 0 Å². The van der Waals surface area contributed by atoms with Crippen LogP contribution in [0, 0.1) is 0 Å². The molecule has 2 aromatic rings. The summed E-state index contributed by atoms with van der Waals surface area (Å²) in [6.45, 7) is 6.51. The minimum atomic E-state index is -0.0140. The third-order valence-electron chi connectivity index (χ3n) is 3.69. The lowest BCUT2D eigenvalue weighted by Crippen LogP contribution is -2.29. The largest absolute Gasteiger partial charge is 0.275 e. The molecule has 108 valence electrons. The predicted octanol–water partition coefficient (Wildman–Crippen LogP) is 2.66. The summed E-state index contributed by atoms with van der Waals surface area (Å²) in [5, 5.41) is 4.49. The van der Waals surface area contributed by atoms with Crippen molar-refractivity contribution in [2.45, 2.75) is 39.2 Å². The highest BCUT2D eigenvalue weighted by Gasteiger charge is 2.18. The first-order chi connectivity index (χ1) is 9.56. The smallest absolute Gasteiger partial charge is 0.0743 e. The van der Waals surface area contributed by atoms with Crippen molar-refractivity contribution in [3.63, 3.8) is 0 Å². The van der Waals surface area contributed by atoms with Crippen molar-refractivity contribution in [1.82, 2.24) is 15.2 Å². The van der Waals surface area contributed by atoms with Gasteiger partial charge in [-0.05, 0) is 23.5 Å². The molecule has 2 rings (SSSR count). The summed E-state index contributed by atoms with van der Waals surface area (Å²) < 4.78 is 1.85. The summed E-state index contributed by atoms with van der Waals surface area (Å²) in [5.41, 5.74) is 7.66. The quantitative estimate of drug-likeness (QED) is 0.650. The van der Waals surface area contributed by atoms with Crippen LogP contribution in [0.25, 0.3) is 0 Å². The van der Waals surface area contributed by atoms with E-state index in [1.165, 1.54) is 11.1 Å². The Hall–Kier alpha value is -1.65. The number of benzene rings is 1. The van der Waals surface area contributed by atoms with Gasteiger partial charge >= 0.3 is 0 Å². The molecule has 4 heteroatoms. The van der Waals surface area contributed by atoms with Gasteiger partial charge in [0.1, 0.15) is 0 Å². The van der Waals surface area contributed by atoms with E-state index in [4.69, 9.17) is 5.84 Å². The molecule has 20 heavy (non-hydrogen) atoms. The van der Waals surface area contributed by atoms with Crippen molar-refractivity contribution < 1.29 is 0 Å². The lowest BCUT2D eigenvalue weighted by molar-refractivity contribution is 0.630. The highest BCUT2D eigenvalue weighted by Crippen LogP contribution is 2.25. The molecule has 0 aliphatic carbocycles. The van der Waals surface area contributed by atoms with Gasteiger partial charge in [-0.25, -0.2) is 5.43 Å². The highest BCUT2D eigenvalue weighted by molar-refractivity contribution is 5.35. The zero-order chi connectivity index (χ0) is 14.7. The van der Waals surface area contributed by atoms with Crippen LogP contribution in [0.15, 0.2) is 30.5 Å². The van der Waals surface area contributed by atoms with E-state index in [-0.39, 0.29) is 6.04 Å². The number of nitrogens with one attached hydrogen (secondary N) is 1. The second kappa shape index (κ2) is 6.20. The van der Waals surface area contributed by atoms with Gasteiger partial charge in [0, 0.05) is 18.8 Å². The van der Waals surface area contributed by atoms with Crippen LogP contribution >= 0.6 is 0 Å². The summed E-state index contributed by atoms with van der Waals surface area (Å²) in [7, 11) is 1.94. The molecule has 3 N–H and O–H groups in total. The molecule has 0 saturated heterocycles. The Morgan fingerprint density at radius 3 is 2.30 bits per heavy atom. The maximum Gasteiger partial charge on any atom is 0.0743 e. The van der Waals surface area contributed by atoms with Crippen molar-refractivity contribution in [3.05, 3.63) is 52.8 Å². The van der Waals surface area contributed by atoms with E-state index in [1.807, 2.05) is 17.9 Å². The Bertz CT molecular complexity index is 554. The lowest BCUT2D eigenvalue weighted by atomic mass is 9.95. The number of hydrogen-bond acceptors (Lipinski definition) is 3. The Morgan fingerprint density at radius 1 is 1.20 bits per heavy atom. The fourth-order valence-electron chi connectivity index (χ4n) is 2.51. The van der Waals surface area contributed by atoms with Gasteiger partial charge in [0.05, 0.1) is 11.7 Å². The van der Waals surface area contributed by atoms with Crippen LogP contribution in [-0.4, -0.2) is 9.78 Å². The summed E-state index contributed by atoms with van der Waals surface area (Å²) >= 11 is 0. The maximum atomic E-state index is 5.78. The molecule has 0 spiro atoms. The van der Waals surface area contributed by atoms with Gasteiger partial charge in [-0.15, -0.1) is 0 Å². The molecule has 1 unspecified atom stereocenters. The molecular weight excluding hydrogens is 248 g/mol. The zero-order valence-corrected chi connectivity index (χ0v) is 12.7. The molecule has 0 radical (unpaired) electrons. The van der Waals surface area contributed by atoms with E-state index in [2.05, 4.69) is 55.6 Å². The first kappa shape index (κ1) is 14.8. The molecule has 0 fully saturated rings. The van der Waals surface area contributed by atoms with Gasteiger partial charge in [0.15, 0.2) is 0 Å². The van der Waals surface area contributed by atoms with Gasteiger partial charge < -0.3 is 0 Å². The van der Waals surface area contributed by atoms with E-state index < -0.39 is 0 Å². The van der Waals surface area contributed by atoms with Crippen molar-refractivity contribution in [2.24, 2.45) is 12.9 Å². The molecular formula is C16H24N4. The minimum absolute atomic E-state index is 0.0140. The summed E-state index contributed by atoms with van der Waals surface area (Å²) in [6, 6.07) is 8.62. The maximum absolute atomic E-state index is 5.78. The van der Waals surface area contributed by atoms with Gasteiger partial charge in [-0.2, -0.15) is 5.10 Å². The molecule has 0 aliphatic rings. The average Bonchev–Trinajstić information content (AvgIpc) is 2.81. The van der Waals surface area contributed by atoms with Crippen molar-refractivity contribution in [2.75, 3.05) is 0 Å². The molecule has 4 nitrogen and oxygen atoms in total. The molecule has 0 amide bonds. The van der Waals surface area contributed by atoms with Gasteiger partial charge in [0.25, 0.3) is 0 Å². The van der Waals surface area contributed by atoms with E-state index in [9.17, 15) is 0 Å². The van der Waals surface area contributed by atoms with Crippen molar-refractivity contribution in [1.29, 1.82) is 0 Å². The Balaban J connectivity index is 2.36. The summed E-state index contributed by atoms with van der Waals surface area (Å²) in [5.74, 6) is 6.32. The minimum Gasteiger partial charge on any atom is -0.275 e. The van der Waals surface area contributed by atoms with E-state index in [0.29, 0.717) is 5.92 Å². The molecule has 0 aliphatic heterocycles. The van der Waals surface area contributed by atoms with E-state index in [1.54, 1.807) is 0 Å². The first-order valence-electron chi connectivity index (χ1n) is 7.15. The van der Waals surface area contributed by atoms with Gasteiger partial charge in [-0.1, -0.05) is 45.0 Å². The van der Waals surface area contributed by atoms with Crippen LogP contribution in [-0.2, 0) is 13.5 Å². The topological polar surface area (TPSA) is 55.9 Å². The van der Waals surface area contributed by atoms with Crippen molar-refractivity contribution >= 4 is 0 Å². The standard InChI is InChI=1S/C16H24N4/c1-5-15-14(10-20(4)19-15)16(18-17)13-8-6-12(7-9-13)11(2)3/h6-11,16,18H,5,17H2,1-4H3. The Morgan fingerprint density at radius 2 is 1.80 bits per heavy atom. The molecule has 1 atom stereocenters. The van der Waals surface area contributed by atoms with E-state index in [0.717, 1.165) is 17.7 Å². The average molecular weight is 272 g/mol. The molecule has 1 heterocycles. The third kappa shape index (κ3) is 2.92. The number of hydrazine groups is 1. The van der Waals surface area contributed by atoms with E-state index >= 15 is 0 Å². The lowest BCUT2D eigenvalue weighted by Gasteiger charge is -2.17. The number of aryl methyl sites for hydroxylation is 2. The fourth-order valence-corrected chi connectivity index (χ4v) is 2.51. The number of nitrogens with zero attached hydrogens (tertiary/aromatic N) is 2. The summed E-state index contributed by atoms with van der Waals surface area (Å²) in [4.78, 5) is 0. The van der Waals surface area contributed by atoms with Crippen LogP contribution in [0.2, 0.25) is 0 Å². The van der Waals surface area contributed by atoms with Gasteiger partial charge in [0.2, 0.25) is 0 Å². The van der Waals surface area contributed by atoms with Crippen LogP contribution in [0.3, 0.4) is 0 Å². The highest BCUT2D eigenvalue weighted by atomic mass is 15.3. The molecule has 1 aromatic carbocycles. The monoisotopic (exact) mass is 272 g/mol. The first-order valence-corrected chi connectivity index (χ1v) is 7.15. The zero-order valence-electron chi connectivity index (χ0n) is 12.7. The molecule has 1 aromatic heterocycles. The number of rotatable bonds is 5. The number of aromatic nitrogens is 2. The predicted molar refractivity (Wildman–Crippen MR) is 82.3 cm³/mol. The second-order valence-electron chi connectivity index (χ2n) is 5.48. The van der Waals surface area contributed by atoms with Gasteiger partial charge in [-0.3, -0.25) is 10.5 Å². The van der Waals surface area contributed by atoms with Crippen LogP contribution in [0.1, 0.15) is 55.1 Å². The number of nitrogens with two attached hydrogens (primary N) is 1. The molecule has 0 saturated carbocycles.